The van der Waals surface area contributed by atoms with Crippen molar-refractivity contribution in [2.24, 2.45) is 4.99 Å². The Kier molecular flexibility index (Phi) is 8.36. The third-order valence-electron chi connectivity index (χ3n) is 8.85. The maximum atomic E-state index is 14.3. The minimum absolute atomic E-state index is 0.124. The first-order valence-electron chi connectivity index (χ1n) is 14.7. The zero-order chi connectivity index (χ0) is 30.2. The van der Waals surface area contributed by atoms with Gasteiger partial charge in [-0.05, 0) is 98.5 Å². The number of alkyl halides is 3. The summed E-state index contributed by atoms with van der Waals surface area (Å²) in [6.07, 6.45) is 1.02. The van der Waals surface area contributed by atoms with Gasteiger partial charge in [-0.1, -0.05) is 60.2 Å². The number of halogens is 3. The summed E-state index contributed by atoms with van der Waals surface area (Å²) in [7, 11) is 1.92. The molecule has 0 saturated carbocycles. The van der Waals surface area contributed by atoms with Crippen LogP contribution in [0.2, 0.25) is 0 Å². The van der Waals surface area contributed by atoms with Crippen LogP contribution in [0.1, 0.15) is 84.4 Å². The maximum Gasteiger partial charge on any atom is 0.420 e. The van der Waals surface area contributed by atoms with E-state index in [-0.39, 0.29) is 24.2 Å². The molecule has 0 radical (unpaired) electrons. The Labute approximate surface area is 247 Å². The number of amidine groups is 1. The lowest BCUT2D eigenvalue weighted by Crippen LogP contribution is -2.30. The summed E-state index contributed by atoms with van der Waals surface area (Å²) in [6.45, 7) is 11.1. The van der Waals surface area contributed by atoms with Crippen LogP contribution in [-0.4, -0.2) is 30.9 Å². The van der Waals surface area contributed by atoms with E-state index in [1.165, 1.54) is 33.9 Å². The average molecular weight is 573 g/mol. The lowest BCUT2D eigenvalue weighted by molar-refractivity contribution is -0.138. The van der Waals surface area contributed by atoms with Gasteiger partial charge in [0.1, 0.15) is 11.6 Å². The molecule has 0 bridgehead atoms. The summed E-state index contributed by atoms with van der Waals surface area (Å²) in [5, 5.41) is 0. The zero-order valence-corrected chi connectivity index (χ0v) is 25.3. The Morgan fingerprint density at radius 2 is 1.69 bits per heavy atom. The van der Waals surface area contributed by atoms with Crippen molar-refractivity contribution in [1.29, 1.82) is 0 Å². The van der Waals surface area contributed by atoms with Crippen LogP contribution < -0.4 is 4.74 Å². The normalized spacial score (nSPS) is 18.0. The number of benzene rings is 3. The molecule has 2 aliphatic carbocycles. The second-order valence-electron chi connectivity index (χ2n) is 11.5. The standard InChI is InChI=1S/C36H39F3N2O/c1-7-41(6)35(30-18-17-26-13-8-9-14-28(26)30)40-32-21-31(36(37,38)39)33(20-23(32)3)42-19-11-16-27-24(4)25(5)34-22(2)12-10-15-29(27)34/h8-10,12-15,17-18,20-21,27,30H,7,11,16,19H2,1-6H3. The first-order valence-corrected chi connectivity index (χ1v) is 14.7. The quantitative estimate of drug-likeness (QED) is 0.152. The van der Waals surface area contributed by atoms with E-state index in [1.54, 1.807) is 6.92 Å². The average Bonchev–Trinajstić information content (AvgIpc) is 3.49. The van der Waals surface area contributed by atoms with Crippen LogP contribution >= 0.6 is 0 Å². The van der Waals surface area contributed by atoms with Crippen LogP contribution in [0.4, 0.5) is 18.9 Å². The van der Waals surface area contributed by atoms with E-state index < -0.39 is 11.7 Å². The van der Waals surface area contributed by atoms with Crippen molar-refractivity contribution >= 4 is 23.2 Å². The summed E-state index contributed by atoms with van der Waals surface area (Å²) >= 11 is 0. The maximum absolute atomic E-state index is 14.3. The van der Waals surface area contributed by atoms with Gasteiger partial charge < -0.3 is 9.64 Å². The van der Waals surface area contributed by atoms with Gasteiger partial charge in [0.25, 0.3) is 0 Å². The molecular formula is C36H39F3N2O. The second-order valence-corrected chi connectivity index (χ2v) is 11.5. The molecule has 6 heteroatoms. The molecule has 3 aromatic rings. The number of ether oxygens (including phenoxy) is 1. The summed E-state index contributed by atoms with van der Waals surface area (Å²) < 4.78 is 48.8. The van der Waals surface area contributed by atoms with Gasteiger partial charge in [-0.15, -0.1) is 0 Å². The van der Waals surface area contributed by atoms with Gasteiger partial charge in [-0.3, -0.25) is 0 Å². The first-order chi connectivity index (χ1) is 20.0. The number of allylic oxidation sites excluding steroid dienone is 2. The summed E-state index contributed by atoms with van der Waals surface area (Å²) in [5.41, 5.74) is 8.90. The molecule has 0 amide bonds. The van der Waals surface area contributed by atoms with E-state index in [4.69, 9.17) is 9.73 Å². The molecule has 0 aliphatic heterocycles. The fraction of sp³-hybridized carbons (Fsp3) is 0.361. The number of fused-ring (bicyclic) bond motifs is 2. The predicted octanol–water partition coefficient (Wildman–Crippen LogP) is 9.86. The van der Waals surface area contributed by atoms with Crippen molar-refractivity contribution in [1.82, 2.24) is 4.90 Å². The smallest absolute Gasteiger partial charge is 0.420 e. The van der Waals surface area contributed by atoms with Gasteiger partial charge in [-0.25, -0.2) is 4.99 Å². The summed E-state index contributed by atoms with van der Waals surface area (Å²) in [5.74, 6) is 0.727. The van der Waals surface area contributed by atoms with Gasteiger partial charge in [0.05, 0.1) is 23.8 Å². The van der Waals surface area contributed by atoms with Crippen molar-refractivity contribution in [3.63, 3.8) is 0 Å². The van der Waals surface area contributed by atoms with E-state index >= 15 is 0 Å². The van der Waals surface area contributed by atoms with Crippen molar-refractivity contribution in [3.05, 3.63) is 105 Å². The molecule has 42 heavy (non-hydrogen) atoms. The molecule has 2 aliphatic rings. The molecule has 0 aromatic heterocycles. The minimum Gasteiger partial charge on any atom is -0.493 e. The van der Waals surface area contributed by atoms with E-state index in [2.05, 4.69) is 45.0 Å². The molecule has 0 fully saturated rings. The van der Waals surface area contributed by atoms with Crippen molar-refractivity contribution in [2.45, 2.75) is 65.5 Å². The fourth-order valence-corrected chi connectivity index (χ4v) is 6.31. The van der Waals surface area contributed by atoms with Crippen LogP contribution in [0.25, 0.3) is 11.6 Å². The van der Waals surface area contributed by atoms with Gasteiger partial charge >= 0.3 is 6.18 Å². The molecular weight excluding hydrogens is 533 g/mol. The van der Waals surface area contributed by atoms with Gasteiger partial charge in [0.15, 0.2) is 0 Å². The Hall–Kier alpha value is -3.80. The van der Waals surface area contributed by atoms with Crippen LogP contribution in [0.15, 0.2) is 71.2 Å². The number of aryl methyl sites for hydroxylation is 2. The third kappa shape index (κ3) is 5.64. The summed E-state index contributed by atoms with van der Waals surface area (Å²) in [4.78, 5) is 6.84. The largest absolute Gasteiger partial charge is 0.493 e. The SMILES string of the molecule is CCN(C)C(=Nc1cc(C(F)(F)F)c(OCCCC2C(C)=C(C)c3c(C)cccc32)cc1C)C1C=Cc2ccccc21. The highest BCUT2D eigenvalue weighted by Gasteiger charge is 2.36. The lowest BCUT2D eigenvalue weighted by Gasteiger charge is -2.25. The molecule has 0 saturated heterocycles. The topological polar surface area (TPSA) is 24.8 Å². The molecule has 3 aromatic carbocycles. The summed E-state index contributed by atoms with van der Waals surface area (Å²) in [6, 6.07) is 17.1. The lowest BCUT2D eigenvalue weighted by atomic mass is 9.91. The Bertz CT molecular complexity index is 1580. The van der Waals surface area contributed by atoms with Gasteiger partial charge in [-0.2, -0.15) is 13.2 Å². The van der Waals surface area contributed by atoms with E-state index in [0.29, 0.717) is 24.2 Å². The Morgan fingerprint density at radius 1 is 0.952 bits per heavy atom. The van der Waals surface area contributed by atoms with E-state index in [9.17, 15) is 13.2 Å². The molecule has 0 spiro atoms. The second kappa shape index (κ2) is 11.8. The van der Waals surface area contributed by atoms with Crippen molar-refractivity contribution < 1.29 is 17.9 Å². The fourth-order valence-electron chi connectivity index (χ4n) is 6.31. The molecule has 2 atom stereocenters. The molecule has 220 valence electrons. The molecule has 0 N–H and O–H groups in total. The van der Waals surface area contributed by atoms with E-state index in [0.717, 1.165) is 29.4 Å². The number of hydrogen-bond donors (Lipinski definition) is 0. The van der Waals surface area contributed by atoms with Crippen LogP contribution in [0.3, 0.4) is 0 Å². The van der Waals surface area contributed by atoms with Crippen molar-refractivity contribution in [3.8, 4) is 5.75 Å². The highest BCUT2D eigenvalue weighted by molar-refractivity contribution is 5.96. The van der Waals surface area contributed by atoms with Crippen LogP contribution in [-0.2, 0) is 6.18 Å². The predicted molar refractivity (Wildman–Crippen MR) is 167 cm³/mol. The number of rotatable bonds is 8. The zero-order valence-electron chi connectivity index (χ0n) is 25.3. The third-order valence-corrected chi connectivity index (χ3v) is 8.85. The number of likely N-dealkylation sites (N-methyl/N-ethyl adjacent to an activating group) is 1. The van der Waals surface area contributed by atoms with Gasteiger partial charge in [0.2, 0.25) is 0 Å². The molecule has 0 heterocycles. The van der Waals surface area contributed by atoms with Crippen molar-refractivity contribution in [2.75, 3.05) is 20.2 Å². The monoisotopic (exact) mass is 572 g/mol. The molecule has 5 rings (SSSR count). The highest BCUT2D eigenvalue weighted by Crippen LogP contribution is 2.45. The van der Waals surface area contributed by atoms with Gasteiger partial charge in [0, 0.05) is 19.5 Å². The Morgan fingerprint density at radius 3 is 2.43 bits per heavy atom. The minimum atomic E-state index is -4.57. The van der Waals surface area contributed by atoms with Crippen LogP contribution in [0.5, 0.6) is 5.75 Å². The van der Waals surface area contributed by atoms with Crippen LogP contribution in [0, 0.1) is 13.8 Å². The van der Waals surface area contributed by atoms with E-state index in [1.807, 2.05) is 49.2 Å². The molecule has 2 unspecified atom stereocenters. The highest BCUT2D eigenvalue weighted by atomic mass is 19.4. The number of nitrogens with zero attached hydrogens (tertiary/aromatic N) is 2. The Balaban J connectivity index is 1.38. The number of hydrogen-bond acceptors (Lipinski definition) is 2. The number of aliphatic imine (C=N–C) groups is 1. The molecule has 3 nitrogen and oxygen atoms in total. The first kappa shape index (κ1) is 29.7.